The molecule has 1 aliphatic carbocycles. The van der Waals surface area contributed by atoms with Gasteiger partial charge in [0.1, 0.15) is 6.04 Å². The fraction of sp³-hybridized carbons (Fsp3) is 0.576. The van der Waals surface area contributed by atoms with E-state index in [0.717, 1.165) is 34.4 Å². The number of esters is 1. The van der Waals surface area contributed by atoms with Crippen molar-refractivity contribution in [2.24, 2.45) is 5.92 Å². The molecule has 1 amide bonds. The highest BCUT2D eigenvalue weighted by molar-refractivity contribution is 7.98. The maximum atomic E-state index is 13.5. The minimum Gasteiger partial charge on any atom is -0.467 e. The number of thioether (sulfide) groups is 1. The van der Waals surface area contributed by atoms with E-state index in [1.807, 2.05) is 55.6 Å². The number of rotatable bonds is 15. The van der Waals surface area contributed by atoms with Crippen LogP contribution in [0, 0.1) is 12.8 Å². The Kier molecular flexibility index (Phi) is 13.5. The third kappa shape index (κ3) is 9.93. The predicted octanol–water partition coefficient (Wildman–Crippen LogP) is 6.97. The van der Waals surface area contributed by atoms with Crippen molar-refractivity contribution in [3.8, 4) is 11.1 Å². The van der Waals surface area contributed by atoms with E-state index in [2.05, 4.69) is 19.2 Å². The molecule has 0 aromatic heterocycles. The van der Waals surface area contributed by atoms with Crippen LogP contribution in [0.4, 0.5) is 0 Å². The van der Waals surface area contributed by atoms with Gasteiger partial charge in [0, 0.05) is 5.56 Å². The van der Waals surface area contributed by atoms with Gasteiger partial charge in [-0.15, -0.1) is 0 Å². The number of ether oxygens (including phenoxy) is 3. The van der Waals surface area contributed by atoms with Crippen LogP contribution >= 0.6 is 11.8 Å². The van der Waals surface area contributed by atoms with Crippen molar-refractivity contribution in [1.29, 1.82) is 0 Å². The van der Waals surface area contributed by atoms with Gasteiger partial charge < -0.3 is 19.5 Å². The highest BCUT2D eigenvalue weighted by Crippen LogP contribution is 2.31. The topological polar surface area (TPSA) is 73.9 Å². The van der Waals surface area contributed by atoms with Crippen LogP contribution in [0.3, 0.4) is 0 Å². The Morgan fingerprint density at radius 3 is 2.45 bits per heavy atom. The number of hydrogen-bond donors (Lipinski definition) is 1. The van der Waals surface area contributed by atoms with Gasteiger partial charge in [-0.2, -0.15) is 11.8 Å². The number of carbonyl (C=O) groups is 2. The molecule has 220 valence electrons. The van der Waals surface area contributed by atoms with E-state index in [9.17, 15) is 9.59 Å². The standard InChI is InChI=1S/C33H47NO5S/c1-23(2)38-22-27(19-25-12-7-6-8-13-25)39-21-26-15-16-29(30(20-26)28-14-10-9-11-24(28)3)32(35)34-31(17-18-40-5)33(36)37-4/h9-11,14-16,20,23,25,27,31H,6-8,12-13,17-19,21-22H2,1-5H3,(H,34,35). The van der Waals surface area contributed by atoms with Crippen LogP contribution in [0.2, 0.25) is 0 Å². The third-order valence-corrected chi connectivity index (χ3v) is 8.23. The van der Waals surface area contributed by atoms with Crippen LogP contribution in [0.15, 0.2) is 42.5 Å². The van der Waals surface area contributed by atoms with Gasteiger partial charge in [-0.05, 0) is 85.9 Å². The lowest BCUT2D eigenvalue weighted by atomic mass is 9.85. The van der Waals surface area contributed by atoms with Gasteiger partial charge in [-0.25, -0.2) is 4.79 Å². The summed E-state index contributed by atoms with van der Waals surface area (Å²) in [6.07, 6.45) is 10.2. The van der Waals surface area contributed by atoms with E-state index in [-0.39, 0.29) is 18.1 Å². The van der Waals surface area contributed by atoms with Gasteiger partial charge >= 0.3 is 5.97 Å². The summed E-state index contributed by atoms with van der Waals surface area (Å²) < 4.78 is 17.4. The number of aryl methyl sites for hydroxylation is 1. The van der Waals surface area contributed by atoms with E-state index in [0.29, 0.717) is 31.1 Å². The largest absolute Gasteiger partial charge is 0.467 e. The normalized spacial score (nSPS) is 15.6. The maximum absolute atomic E-state index is 13.5. The Morgan fingerprint density at radius 2 is 1.77 bits per heavy atom. The molecule has 0 heterocycles. The Hall–Kier alpha value is -2.35. The highest BCUT2D eigenvalue weighted by Gasteiger charge is 2.24. The summed E-state index contributed by atoms with van der Waals surface area (Å²) in [5.41, 5.74) is 4.41. The molecule has 0 aliphatic heterocycles. The van der Waals surface area contributed by atoms with Gasteiger partial charge in [0.25, 0.3) is 5.91 Å². The molecule has 40 heavy (non-hydrogen) atoms. The first kappa shape index (κ1) is 32.2. The van der Waals surface area contributed by atoms with Crippen LogP contribution in [0.25, 0.3) is 11.1 Å². The first-order chi connectivity index (χ1) is 19.3. The van der Waals surface area contributed by atoms with Crippen molar-refractivity contribution in [2.75, 3.05) is 25.7 Å². The number of amides is 1. The molecular formula is C33H47NO5S. The summed E-state index contributed by atoms with van der Waals surface area (Å²) in [7, 11) is 1.35. The van der Waals surface area contributed by atoms with Crippen molar-refractivity contribution in [3.63, 3.8) is 0 Å². The fourth-order valence-electron chi connectivity index (χ4n) is 5.33. The Labute approximate surface area is 244 Å². The smallest absolute Gasteiger partial charge is 0.328 e. The van der Waals surface area contributed by atoms with Crippen molar-refractivity contribution in [1.82, 2.24) is 5.32 Å². The summed E-state index contributed by atoms with van der Waals surface area (Å²) in [4.78, 5) is 25.9. The molecule has 7 heteroatoms. The molecule has 2 atom stereocenters. The van der Waals surface area contributed by atoms with Gasteiger partial charge in [0.2, 0.25) is 0 Å². The van der Waals surface area contributed by atoms with Gasteiger partial charge in [-0.3, -0.25) is 4.79 Å². The van der Waals surface area contributed by atoms with E-state index in [1.165, 1.54) is 39.2 Å². The third-order valence-electron chi connectivity index (χ3n) is 7.59. The molecule has 3 rings (SSSR count). The van der Waals surface area contributed by atoms with Crippen molar-refractivity contribution in [3.05, 3.63) is 59.2 Å². The fourth-order valence-corrected chi connectivity index (χ4v) is 5.80. The predicted molar refractivity (Wildman–Crippen MR) is 164 cm³/mol. The summed E-state index contributed by atoms with van der Waals surface area (Å²) in [6, 6.07) is 13.2. The number of nitrogens with one attached hydrogen (secondary N) is 1. The van der Waals surface area contributed by atoms with Crippen molar-refractivity contribution < 1.29 is 23.8 Å². The lowest BCUT2D eigenvalue weighted by molar-refractivity contribution is -0.142. The SMILES string of the molecule is COC(=O)C(CCSC)NC(=O)c1ccc(COC(COC(C)C)CC2CCCCC2)cc1-c1ccccc1C. The van der Waals surface area contributed by atoms with Gasteiger partial charge in [-0.1, -0.05) is 62.4 Å². The minimum absolute atomic E-state index is 0.0348. The minimum atomic E-state index is -0.695. The van der Waals surface area contributed by atoms with Crippen LogP contribution in [0.1, 0.15) is 80.3 Å². The van der Waals surface area contributed by atoms with Crippen LogP contribution in [0.5, 0.6) is 0 Å². The summed E-state index contributed by atoms with van der Waals surface area (Å²) in [5, 5.41) is 2.92. The molecule has 0 radical (unpaired) electrons. The average molecular weight is 570 g/mol. The van der Waals surface area contributed by atoms with Gasteiger partial charge in [0.05, 0.1) is 32.5 Å². The van der Waals surface area contributed by atoms with E-state index in [1.54, 1.807) is 11.8 Å². The lowest BCUT2D eigenvalue weighted by Crippen LogP contribution is -2.42. The number of methoxy groups -OCH3 is 1. The summed E-state index contributed by atoms with van der Waals surface area (Å²) in [5.74, 6) is 0.709. The van der Waals surface area contributed by atoms with E-state index >= 15 is 0 Å². The second-order valence-corrected chi connectivity index (χ2v) is 12.1. The van der Waals surface area contributed by atoms with Crippen LogP contribution in [-0.2, 0) is 25.6 Å². The zero-order valence-corrected chi connectivity index (χ0v) is 25.7. The molecule has 1 aliphatic rings. The quantitative estimate of drug-likeness (QED) is 0.234. The average Bonchev–Trinajstić information content (AvgIpc) is 2.96. The molecular weight excluding hydrogens is 522 g/mol. The summed E-state index contributed by atoms with van der Waals surface area (Å²) in [6.45, 7) is 7.19. The number of hydrogen-bond acceptors (Lipinski definition) is 6. The first-order valence-corrected chi connectivity index (χ1v) is 16.0. The monoisotopic (exact) mass is 569 g/mol. The zero-order chi connectivity index (χ0) is 28.9. The molecule has 1 N–H and O–H groups in total. The molecule has 6 nitrogen and oxygen atoms in total. The highest BCUT2D eigenvalue weighted by atomic mass is 32.2. The Morgan fingerprint density at radius 1 is 1.02 bits per heavy atom. The van der Waals surface area contributed by atoms with Crippen LogP contribution in [-0.4, -0.2) is 55.9 Å². The molecule has 0 saturated heterocycles. The number of carbonyl (C=O) groups excluding carboxylic acids is 2. The Balaban J connectivity index is 1.83. The summed E-state index contributed by atoms with van der Waals surface area (Å²) >= 11 is 1.63. The lowest BCUT2D eigenvalue weighted by Gasteiger charge is -2.27. The molecule has 0 bridgehead atoms. The number of benzene rings is 2. The molecule has 2 aromatic rings. The van der Waals surface area contributed by atoms with Crippen molar-refractivity contribution in [2.45, 2.75) is 90.6 Å². The molecule has 2 unspecified atom stereocenters. The van der Waals surface area contributed by atoms with Crippen LogP contribution < -0.4 is 5.32 Å². The molecule has 1 saturated carbocycles. The van der Waals surface area contributed by atoms with Crippen molar-refractivity contribution >= 4 is 23.6 Å². The maximum Gasteiger partial charge on any atom is 0.328 e. The second kappa shape index (κ2) is 16.8. The van der Waals surface area contributed by atoms with E-state index < -0.39 is 12.0 Å². The first-order valence-electron chi connectivity index (χ1n) is 14.6. The molecule has 1 fully saturated rings. The zero-order valence-electron chi connectivity index (χ0n) is 24.9. The Bertz CT molecular complexity index is 1080. The molecule has 2 aromatic carbocycles. The molecule has 0 spiro atoms. The van der Waals surface area contributed by atoms with E-state index in [4.69, 9.17) is 14.2 Å². The van der Waals surface area contributed by atoms with Gasteiger partial charge in [0.15, 0.2) is 0 Å². The second-order valence-electron chi connectivity index (χ2n) is 11.1.